The second-order valence-electron chi connectivity index (χ2n) is 3.58. The van der Waals surface area contributed by atoms with Crippen LogP contribution in [0.2, 0.25) is 0 Å². The molecule has 1 heterocycles. The highest BCUT2D eigenvalue weighted by Gasteiger charge is 2.19. The van der Waals surface area contributed by atoms with Gasteiger partial charge < -0.3 is 4.74 Å². The number of morpholine rings is 1. The number of hydrogen-bond acceptors (Lipinski definition) is 4. The highest BCUT2D eigenvalue weighted by atomic mass is 79.9. The largest absolute Gasteiger partial charge is 0.375 e. The van der Waals surface area contributed by atoms with E-state index in [1.54, 1.807) is 0 Å². The molecule has 0 aromatic heterocycles. The lowest BCUT2D eigenvalue weighted by Gasteiger charge is -2.31. The number of halogens is 1. The van der Waals surface area contributed by atoms with Gasteiger partial charge in [-0.05, 0) is 0 Å². The van der Waals surface area contributed by atoms with Crippen molar-refractivity contribution >= 4 is 25.8 Å². The van der Waals surface area contributed by atoms with Crippen molar-refractivity contribution in [2.75, 3.05) is 43.6 Å². The Labute approximate surface area is 93.7 Å². The maximum Gasteiger partial charge on any atom is 0.148 e. The van der Waals surface area contributed by atoms with Crippen LogP contribution < -0.4 is 0 Å². The van der Waals surface area contributed by atoms with Gasteiger partial charge in [-0.25, -0.2) is 8.42 Å². The van der Waals surface area contributed by atoms with E-state index >= 15 is 0 Å². The van der Waals surface area contributed by atoms with Crippen molar-refractivity contribution in [1.29, 1.82) is 0 Å². The number of rotatable bonds is 4. The van der Waals surface area contributed by atoms with E-state index in [0.717, 1.165) is 18.4 Å². The molecule has 0 aromatic rings. The Morgan fingerprint density at radius 2 is 2.29 bits per heavy atom. The van der Waals surface area contributed by atoms with Gasteiger partial charge >= 0.3 is 0 Å². The van der Waals surface area contributed by atoms with Gasteiger partial charge in [0.25, 0.3) is 0 Å². The fourth-order valence-corrected chi connectivity index (χ4v) is 2.35. The molecular formula is C8H16BrNO3S. The highest BCUT2D eigenvalue weighted by Crippen LogP contribution is 2.07. The van der Waals surface area contributed by atoms with Gasteiger partial charge in [-0.2, -0.15) is 0 Å². The Balaban J connectivity index is 2.31. The van der Waals surface area contributed by atoms with Crippen molar-refractivity contribution in [3.8, 4) is 0 Å². The molecule has 0 aromatic carbocycles. The van der Waals surface area contributed by atoms with Gasteiger partial charge in [0.2, 0.25) is 0 Å². The van der Waals surface area contributed by atoms with E-state index < -0.39 is 9.84 Å². The van der Waals surface area contributed by atoms with E-state index in [2.05, 4.69) is 20.8 Å². The molecule has 1 atom stereocenters. The minimum Gasteiger partial charge on any atom is -0.375 e. The maximum atomic E-state index is 11.0. The van der Waals surface area contributed by atoms with Crippen LogP contribution in [0.3, 0.4) is 0 Å². The second-order valence-corrected chi connectivity index (χ2v) is 6.48. The third kappa shape index (κ3) is 4.72. The molecule has 1 fully saturated rings. The minimum atomic E-state index is -2.84. The SMILES string of the molecule is CS(=O)(=O)CCN1CCOC(CBr)C1. The molecule has 0 saturated carbocycles. The number of sulfone groups is 1. The van der Waals surface area contributed by atoms with Gasteiger partial charge in [0, 0.05) is 31.2 Å². The van der Waals surface area contributed by atoms with Crippen molar-refractivity contribution < 1.29 is 13.2 Å². The lowest BCUT2D eigenvalue weighted by Crippen LogP contribution is -2.44. The maximum absolute atomic E-state index is 11.0. The quantitative estimate of drug-likeness (QED) is 0.689. The molecule has 6 heteroatoms. The van der Waals surface area contributed by atoms with Crippen molar-refractivity contribution in [2.24, 2.45) is 0 Å². The smallest absolute Gasteiger partial charge is 0.148 e. The molecule has 1 saturated heterocycles. The van der Waals surface area contributed by atoms with Gasteiger partial charge in [0.1, 0.15) is 9.84 Å². The Morgan fingerprint density at radius 1 is 1.57 bits per heavy atom. The van der Waals surface area contributed by atoms with Crippen molar-refractivity contribution in [1.82, 2.24) is 4.90 Å². The fourth-order valence-electron chi connectivity index (χ4n) is 1.37. The van der Waals surface area contributed by atoms with Gasteiger partial charge in [0.05, 0.1) is 18.5 Å². The van der Waals surface area contributed by atoms with Gasteiger partial charge in [-0.1, -0.05) is 15.9 Å². The predicted octanol–water partition coefficient (Wildman–Crippen LogP) is 0.127. The zero-order chi connectivity index (χ0) is 10.6. The summed E-state index contributed by atoms with van der Waals surface area (Å²) in [6, 6.07) is 0. The van der Waals surface area contributed by atoms with E-state index in [9.17, 15) is 8.42 Å². The number of alkyl halides is 1. The molecule has 0 spiro atoms. The average Bonchev–Trinajstić information content (AvgIpc) is 2.14. The molecule has 14 heavy (non-hydrogen) atoms. The zero-order valence-electron chi connectivity index (χ0n) is 8.28. The number of nitrogens with zero attached hydrogens (tertiary/aromatic N) is 1. The number of ether oxygens (including phenoxy) is 1. The molecule has 0 amide bonds. The summed E-state index contributed by atoms with van der Waals surface area (Å²) in [6.45, 7) is 2.96. The summed E-state index contributed by atoms with van der Waals surface area (Å²) in [5.41, 5.74) is 0. The van der Waals surface area contributed by atoms with E-state index in [1.807, 2.05) is 0 Å². The predicted molar refractivity (Wildman–Crippen MR) is 59.7 cm³/mol. The number of hydrogen-bond donors (Lipinski definition) is 0. The van der Waals surface area contributed by atoms with Crippen molar-refractivity contribution in [3.05, 3.63) is 0 Å². The molecule has 1 rings (SSSR count). The van der Waals surface area contributed by atoms with E-state index in [0.29, 0.717) is 13.2 Å². The topological polar surface area (TPSA) is 46.6 Å². The summed E-state index contributed by atoms with van der Waals surface area (Å²) >= 11 is 3.36. The van der Waals surface area contributed by atoms with Crippen molar-refractivity contribution in [3.63, 3.8) is 0 Å². The first-order chi connectivity index (χ1) is 6.51. The first-order valence-electron chi connectivity index (χ1n) is 4.59. The molecule has 1 unspecified atom stereocenters. The molecule has 1 aliphatic heterocycles. The molecular weight excluding hydrogens is 270 g/mol. The summed E-state index contributed by atoms with van der Waals surface area (Å²) in [5, 5.41) is 0.808. The highest BCUT2D eigenvalue weighted by molar-refractivity contribution is 9.09. The van der Waals surface area contributed by atoms with E-state index in [4.69, 9.17) is 4.74 Å². The van der Waals surface area contributed by atoms with E-state index in [1.165, 1.54) is 6.26 Å². The standard InChI is InChI=1S/C8H16BrNO3S/c1-14(11,12)5-3-10-2-4-13-8(6-9)7-10/h8H,2-7H2,1H3. The van der Waals surface area contributed by atoms with Crippen LogP contribution in [0, 0.1) is 0 Å². The summed E-state index contributed by atoms with van der Waals surface area (Å²) in [4.78, 5) is 2.14. The monoisotopic (exact) mass is 285 g/mol. The van der Waals surface area contributed by atoms with Crippen LogP contribution in [-0.2, 0) is 14.6 Å². The molecule has 84 valence electrons. The van der Waals surface area contributed by atoms with Crippen molar-refractivity contribution in [2.45, 2.75) is 6.10 Å². The Kier molecular flexibility index (Phi) is 4.82. The zero-order valence-corrected chi connectivity index (χ0v) is 10.7. The van der Waals surface area contributed by atoms with Crippen LogP contribution in [0.15, 0.2) is 0 Å². The average molecular weight is 286 g/mol. The fraction of sp³-hybridized carbons (Fsp3) is 1.00. The summed E-state index contributed by atoms with van der Waals surface area (Å²) in [7, 11) is -2.84. The summed E-state index contributed by atoms with van der Waals surface area (Å²) in [5.74, 6) is 0.238. The third-order valence-electron chi connectivity index (χ3n) is 2.17. The Bertz CT molecular complexity index is 268. The molecule has 0 aliphatic carbocycles. The van der Waals surface area contributed by atoms with Crippen LogP contribution >= 0.6 is 15.9 Å². The Morgan fingerprint density at radius 3 is 2.86 bits per heavy atom. The van der Waals surface area contributed by atoms with Gasteiger partial charge in [-0.15, -0.1) is 0 Å². The Hall–Kier alpha value is 0.350. The third-order valence-corrected chi connectivity index (χ3v) is 3.82. The molecule has 0 N–H and O–H groups in total. The normalized spacial score (nSPS) is 25.1. The molecule has 4 nitrogen and oxygen atoms in total. The first kappa shape index (κ1) is 12.4. The van der Waals surface area contributed by atoms with Crippen LogP contribution in [0.25, 0.3) is 0 Å². The molecule has 0 radical (unpaired) electrons. The molecule has 0 bridgehead atoms. The van der Waals surface area contributed by atoms with Crippen LogP contribution in [0.4, 0.5) is 0 Å². The van der Waals surface area contributed by atoms with Crippen LogP contribution in [0.1, 0.15) is 0 Å². The second kappa shape index (κ2) is 5.44. The molecule has 1 aliphatic rings. The van der Waals surface area contributed by atoms with Gasteiger partial charge in [0.15, 0.2) is 0 Å². The minimum absolute atomic E-state index is 0.198. The first-order valence-corrected chi connectivity index (χ1v) is 7.77. The van der Waals surface area contributed by atoms with Crippen LogP contribution in [-0.4, -0.2) is 63.0 Å². The van der Waals surface area contributed by atoms with E-state index in [-0.39, 0.29) is 11.9 Å². The summed E-state index contributed by atoms with van der Waals surface area (Å²) in [6.07, 6.45) is 1.47. The lowest BCUT2D eigenvalue weighted by atomic mass is 10.3. The lowest BCUT2D eigenvalue weighted by molar-refractivity contribution is -0.0128. The van der Waals surface area contributed by atoms with Gasteiger partial charge in [-0.3, -0.25) is 4.90 Å². The van der Waals surface area contributed by atoms with Crippen LogP contribution in [0.5, 0.6) is 0 Å². The summed E-state index contributed by atoms with van der Waals surface area (Å²) < 4.78 is 27.4.